The van der Waals surface area contributed by atoms with Crippen LogP contribution in [0.25, 0.3) is 0 Å². The lowest BCUT2D eigenvalue weighted by atomic mass is 9.61. The summed E-state index contributed by atoms with van der Waals surface area (Å²) in [6.07, 6.45) is 0.395. The number of nitrogens with zero attached hydrogens (tertiary/aromatic N) is 5. The van der Waals surface area contributed by atoms with Crippen molar-refractivity contribution in [2.75, 3.05) is 0 Å². The van der Waals surface area contributed by atoms with E-state index in [1.165, 1.54) is 0 Å². The van der Waals surface area contributed by atoms with Gasteiger partial charge in [0.25, 0.3) is 0 Å². The Hall–Kier alpha value is -2.55. The maximum atomic E-state index is 9.16. The SMILES string of the molecule is N#CCC1(C#N)CC(C#N)C(C#N)C(C#N)C1. The molecule has 2 unspecified atom stereocenters. The van der Waals surface area contributed by atoms with Gasteiger partial charge in [-0.25, -0.2) is 0 Å². The fraction of sp³-hybridized carbons (Fsp3) is 0.583. The van der Waals surface area contributed by atoms with E-state index in [1.807, 2.05) is 24.3 Å². The maximum absolute atomic E-state index is 9.16. The van der Waals surface area contributed by atoms with Gasteiger partial charge in [-0.15, -0.1) is 0 Å². The highest BCUT2D eigenvalue weighted by Gasteiger charge is 2.47. The third kappa shape index (κ3) is 2.18. The molecule has 82 valence electrons. The van der Waals surface area contributed by atoms with Crippen LogP contribution in [0.4, 0.5) is 0 Å². The molecule has 5 nitrogen and oxygen atoms in total. The molecule has 0 bridgehead atoms. The standard InChI is InChI=1S/C12H9N5/c13-2-1-12(8-17)3-9(5-14)11(7-16)10(4-12)6-15/h9-11H,1,3-4H2. The predicted octanol–water partition coefficient (Wildman–Crippen LogP) is 1.62. The third-order valence-electron chi connectivity index (χ3n) is 3.22. The van der Waals surface area contributed by atoms with Crippen LogP contribution in [0.15, 0.2) is 0 Å². The van der Waals surface area contributed by atoms with Crippen LogP contribution in [0.1, 0.15) is 19.3 Å². The summed E-state index contributed by atoms with van der Waals surface area (Å²) in [7, 11) is 0. The zero-order valence-electron chi connectivity index (χ0n) is 9.09. The van der Waals surface area contributed by atoms with Crippen molar-refractivity contribution < 1.29 is 0 Å². The Morgan fingerprint density at radius 1 is 0.882 bits per heavy atom. The molecule has 0 N–H and O–H groups in total. The fourth-order valence-electron chi connectivity index (χ4n) is 2.32. The minimum absolute atomic E-state index is 0.00198. The Morgan fingerprint density at radius 3 is 1.71 bits per heavy atom. The molecule has 0 amide bonds. The average Bonchev–Trinajstić information content (AvgIpc) is 2.37. The Labute approximate surface area is 99.7 Å². The van der Waals surface area contributed by atoms with E-state index in [0.29, 0.717) is 0 Å². The third-order valence-corrected chi connectivity index (χ3v) is 3.22. The van der Waals surface area contributed by atoms with Gasteiger partial charge >= 0.3 is 0 Å². The summed E-state index contributed by atoms with van der Waals surface area (Å²) in [6, 6.07) is 9.92. The van der Waals surface area contributed by atoms with E-state index in [2.05, 4.69) is 6.07 Å². The molecule has 5 heteroatoms. The summed E-state index contributed by atoms with van der Waals surface area (Å²) in [5.74, 6) is -1.96. The van der Waals surface area contributed by atoms with Crippen molar-refractivity contribution in [2.24, 2.45) is 23.2 Å². The molecule has 2 atom stereocenters. The Bertz CT molecular complexity index is 477. The van der Waals surface area contributed by atoms with Gasteiger partial charge in [-0.05, 0) is 12.8 Å². The van der Waals surface area contributed by atoms with Gasteiger partial charge in [-0.3, -0.25) is 0 Å². The summed E-state index contributed by atoms with van der Waals surface area (Å²) in [6.45, 7) is 0. The lowest BCUT2D eigenvalue weighted by Gasteiger charge is -2.36. The van der Waals surface area contributed by atoms with Crippen molar-refractivity contribution in [3.05, 3.63) is 0 Å². The molecule has 0 saturated heterocycles. The second kappa shape index (κ2) is 4.99. The highest BCUT2D eigenvalue weighted by Crippen LogP contribution is 2.46. The topological polar surface area (TPSA) is 119 Å². The molecule has 1 aliphatic carbocycles. The van der Waals surface area contributed by atoms with Gasteiger partial charge in [-0.2, -0.15) is 26.3 Å². The van der Waals surface area contributed by atoms with E-state index in [9.17, 15) is 0 Å². The second-order valence-electron chi connectivity index (χ2n) is 4.26. The Balaban J connectivity index is 3.11. The smallest absolute Gasteiger partial charge is 0.0780 e. The molecule has 0 radical (unpaired) electrons. The first-order valence-corrected chi connectivity index (χ1v) is 5.13. The number of rotatable bonds is 1. The molecule has 0 aromatic carbocycles. The molecule has 17 heavy (non-hydrogen) atoms. The van der Waals surface area contributed by atoms with Gasteiger partial charge in [0.05, 0.1) is 59.9 Å². The lowest BCUT2D eigenvalue weighted by Crippen LogP contribution is -2.37. The molecule has 0 aromatic rings. The van der Waals surface area contributed by atoms with Crippen molar-refractivity contribution in [1.82, 2.24) is 0 Å². The van der Waals surface area contributed by atoms with Crippen LogP contribution < -0.4 is 0 Å². The van der Waals surface area contributed by atoms with Crippen LogP contribution in [0, 0.1) is 79.8 Å². The second-order valence-corrected chi connectivity index (χ2v) is 4.26. The maximum Gasteiger partial charge on any atom is 0.0780 e. The number of hydrogen-bond acceptors (Lipinski definition) is 5. The van der Waals surface area contributed by atoms with E-state index < -0.39 is 23.2 Å². The van der Waals surface area contributed by atoms with Gasteiger partial charge in [0, 0.05) is 0 Å². The molecule has 1 fully saturated rings. The minimum Gasteiger partial charge on any atom is -0.198 e. The van der Waals surface area contributed by atoms with Crippen LogP contribution in [-0.2, 0) is 0 Å². The van der Waals surface area contributed by atoms with Gasteiger partial charge in [-0.1, -0.05) is 0 Å². The van der Waals surface area contributed by atoms with Crippen molar-refractivity contribution in [3.8, 4) is 30.3 Å². The Kier molecular flexibility index (Phi) is 3.67. The van der Waals surface area contributed by atoms with E-state index in [0.717, 1.165) is 0 Å². The number of nitriles is 5. The van der Waals surface area contributed by atoms with Gasteiger partial charge in [0.15, 0.2) is 0 Å². The van der Waals surface area contributed by atoms with Gasteiger partial charge in [0.1, 0.15) is 0 Å². The molecule has 1 saturated carbocycles. The highest BCUT2D eigenvalue weighted by molar-refractivity contribution is 5.18. The molecule has 0 aromatic heterocycles. The Morgan fingerprint density at radius 2 is 1.41 bits per heavy atom. The molecular weight excluding hydrogens is 214 g/mol. The molecule has 1 rings (SSSR count). The van der Waals surface area contributed by atoms with Crippen LogP contribution in [0.3, 0.4) is 0 Å². The first kappa shape index (κ1) is 12.5. The first-order valence-electron chi connectivity index (χ1n) is 5.13. The van der Waals surface area contributed by atoms with E-state index in [-0.39, 0.29) is 19.3 Å². The summed E-state index contributed by atoms with van der Waals surface area (Å²) < 4.78 is 0. The predicted molar refractivity (Wildman–Crippen MR) is 54.8 cm³/mol. The molecule has 0 spiro atoms. The molecular formula is C12H9N5. The first-order chi connectivity index (χ1) is 8.16. The zero-order chi connectivity index (χ0) is 12.9. The fourth-order valence-corrected chi connectivity index (χ4v) is 2.32. The molecule has 0 heterocycles. The summed E-state index contributed by atoms with van der Waals surface area (Å²) >= 11 is 0. The van der Waals surface area contributed by atoms with Crippen molar-refractivity contribution in [1.29, 1.82) is 26.3 Å². The summed E-state index contributed by atoms with van der Waals surface area (Å²) in [4.78, 5) is 0. The largest absolute Gasteiger partial charge is 0.198 e. The minimum atomic E-state index is -0.955. The zero-order valence-corrected chi connectivity index (χ0v) is 9.09. The van der Waals surface area contributed by atoms with Crippen LogP contribution >= 0.6 is 0 Å². The summed E-state index contributed by atoms with van der Waals surface area (Å²) in [5, 5.41) is 44.8. The molecule has 0 aliphatic heterocycles. The average molecular weight is 223 g/mol. The van der Waals surface area contributed by atoms with Crippen LogP contribution in [-0.4, -0.2) is 0 Å². The van der Waals surface area contributed by atoms with E-state index in [1.54, 1.807) is 0 Å². The van der Waals surface area contributed by atoms with Crippen LogP contribution in [0.5, 0.6) is 0 Å². The molecule has 1 aliphatic rings. The number of hydrogen-bond donors (Lipinski definition) is 0. The van der Waals surface area contributed by atoms with E-state index in [4.69, 9.17) is 26.3 Å². The van der Waals surface area contributed by atoms with Crippen molar-refractivity contribution >= 4 is 0 Å². The quantitative estimate of drug-likeness (QED) is 0.668. The normalized spacial score (nSPS) is 35.4. The summed E-state index contributed by atoms with van der Waals surface area (Å²) in [5.41, 5.74) is -0.955. The van der Waals surface area contributed by atoms with E-state index >= 15 is 0 Å². The monoisotopic (exact) mass is 223 g/mol. The van der Waals surface area contributed by atoms with Gasteiger partial charge < -0.3 is 0 Å². The van der Waals surface area contributed by atoms with Crippen molar-refractivity contribution in [2.45, 2.75) is 19.3 Å². The lowest BCUT2D eigenvalue weighted by molar-refractivity contribution is 0.160. The van der Waals surface area contributed by atoms with Crippen LogP contribution in [0.2, 0.25) is 0 Å². The highest BCUT2D eigenvalue weighted by atomic mass is 14.5. The van der Waals surface area contributed by atoms with Gasteiger partial charge in [0.2, 0.25) is 0 Å². The van der Waals surface area contributed by atoms with Crippen molar-refractivity contribution in [3.63, 3.8) is 0 Å².